The van der Waals surface area contributed by atoms with E-state index >= 15 is 0 Å². The van der Waals surface area contributed by atoms with Crippen molar-refractivity contribution in [2.75, 3.05) is 11.4 Å². The summed E-state index contributed by atoms with van der Waals surface area (Å²) < 4.78 is 1.01. The highest BCUT2D eigenvalue weighted by Crippen LogP contribution is 2.36. The van der Waals surface area contributed by atoms with Gasteiger partial charge in [-0.3, -0.25) is 4.99 Å². The van der Waals surface area contributed by atoms with E-state index in [1.807, 2.05) is 18.2 Å². The van der Waals surface area contributed by atoms with Crippen LogP contribution in [0.1, 0.15) is 17.2 Å². The molecule has 0 saturated heterocycles. The van der Waals surface area contributed by atoms with Crippen molar-refractivity contribution in [3.8, 4) is 0 Å². The number of aliphatic imine (C=N–C) groups is 1. The lowest BCUT2D eigenvalue weighted by molar-refractivity contribution is 0.765. The van der Waals surface area contributed by atoms with Gasteiger partial charge in [0, 0.05) is 15.2 Å². The zero-order valence-electron chi connectivity index (χ0n) is 11.6. The Labute approximate surface area is 137 Å². The quantitative estimate of drug-likeness (QED) is 0.864. The topological polar surface area (TPSA) is 41.6 Å². The predicted octanol–water partition coefficient (Wildman–Crippen LogP) is 4.29. The lowest BCUT2D eigenvalue weighted by Crippen LogP contribution is -2.36. The highest BCUT2D eigenvalue weighted by atomic mass is 79.9. The number of nitrogens with two attached hydrogens (primary N) is 1. The Morgan fingerprint density at radius 2 is 1.95 bits per heavy atom. The zero-order chi connectivity index (χ0) is 15.0. The fourth-order valence-corrected chi connectivity index (χ4v) is 3.21. The Morgan fingerprint density at radius 3 is 2.67 bits per heavy atom. The molecule has 2 aromatic carbocycles. The summed E-state index contributed by atoms with van der Waals surface area (Å²) in [6, 6.07) is 14.1. The van der Waals surface area contributed by atoms with Gasteiger partial charge in [0.1, 0.15) is 0 Å². The smallest absolute Gasteiger partial charge is 0.196 e. The fourth-order valence-electron chi connectivity index (χ4n) is 2.52. The molecule has 0 aromatic heterocycles. The number of hydrogen-bond acceptors (Lipinski definition) is 3. The van der Waals surface area contributed by atoms with Crippen LogP contribution in [0.25, 0.3) is 0 Å². The van der Waals surface area contributed by atoms with Gasteiger partial charge in [0.15, 0.2) is 5.96 Å². The first-order valence-corrected chi connectivity index (χ1v) is 7.84. The molecule has 0 bridgehead atoms. The molecule has 1 aliphatic rings. The third-order valence-corrected chi connectivity index (χ3v) is 4.57. The SMILES string of the molecule is Cc1ccc(N2C(N)=NCC2c2cc(Cl)ccc2Br)cc1. The van der Waals surface area contributed by atoms with Gasteiger partial charge < -0.3 is 10.6 Å². The van der Waals surface area contributed by atoms with E-state index in [0.29, 0.717) is 17.5 Å². The van der Waals surface area contributed by atoms with E-state index in [1.165, 1.54) is 5.56 Å². The molecule has 0 saturated carbocycles. The minimum atomic E-state index is 0.0563. The summed E-state index contributed by atoms with van der Waals surface area (Å²) in [4.78, 5) is 6.45. The van der Waals surface area contributed by atoms with Gasteiger partial charge in [0.25, 0.3) is 0 Å². The summed E-state index contributed by atoms with van der Waals surface area (Å²) in [7, 11) is 0. The third-order valence-electron chi connectivity index (χ3n) is 3.61. The lowest BCUT2D eigenvalue weighted by Gasteiger charge is -2.27. The summed E-state index contributed by atoms with van der Waals surface area (Å²) >= 11 is 9.73. The van der Waals surface area contributed by atoms with Gasteiger partial charge in [-0.15, -0.1) is 0 Å². The fraction of sp³-hybridized carbons (Fsp3) is 0.188. The molecule has 1 aliphatic heterocycles. The van der Waals surface area contributed by atoms with Crippen LogP contribution in [0, 0.1) is 6.92 Å². The van der Waals surface area contributed by atoms with E-state index in [-0.39, 0.29) is 6.04 Å². The van der Waals surface area contributed by atoms with Gasteiger partial charge in [-0.1, -0.05) is 45.2 Å². The maximum atomic E-state index is 6.14. The molecule has 1 unspecified atom stereocenters. The van der Waals surface area contributed by atoms with Crippen molar-refractivity contribution < 1.29 is 0 Å². The average Bonchev–Trinajstić information content (AvgIpc) is 2.84. The van der Waals surface area contributed by atoms with Crippen LogP contribution in [0.3, 0.4) is 0 Å². The van der Waals surface area contributed by atoms with Gasteiger partial charge in [0.2, 0.25) is 0 Å². The number of aryl methyl sites for hydroxylation is 1. The van der Waals surface area contributed by atoms with E-state index in [9.17, 15) is 0 Å². The van der Waals surface area contributed by atoms with Crippen LogP contribution >= 0.6 is 27.5 Å². The van der Waals surface area contributed by atoms with Gasteiger partial charge >= 0.3 is 0 Å². The summed E-state index contributed by atoms with van der Waals surface area (Å²) in [5, 5.41) is 0.711. The standard InChI is InChI=1S/C16H15BrClN3/c1-10-2-5-12(6-3-10)21-15(9-20-16(21)19)13-8-11(18)4-7-14(13)17/h2-8,15H,9H2,1H3,(H2,19,20). The molecule has 0 fully saturated rings. The van der Waals surface area contributed by atoms with Crippen molar-refractivity contribution in [2.45, 2.75) is 13.0 Å². The summed E-state index contributed by atoms with van der Waals surface area (Å²) in [6.45, 7) is 2.69. The Hall–Kier alpha value is -1.52. The molecule has 0 aliphatic carbocycles. The molecular formula is C16H15BrClN3. The molecule has 1 atom stereocenters. The molecule has 2 N–H and O–H groups in total. The molecule has 0 amide bonds. The molecule has 108 valence electrons. The van der Waals surface area contributed by atoms with Crippen LogP contribution in [0.2, 0.25) is 5.02 Å². The summed E-state index contributed by atoms with van der Waals surface area (Å²) in [6.07, 6.45) is 0. The van der Waals surface area contributed by atoms with Crippen LogP contribution in [0.4, 0.5) is 5.69 Å². The van der Waals surface area contributed by atoms with Crippen LogP contribution < -0.4 is 10.6 Å². The van der Waals surface area contributed by atoms with E-state index in [2.05, 4.69) is 57.0 Å². The zero-order valence-corrected chi connectivity index (χ0v) is 13.9. The third kappa shape index (κ3) is 2.78. The number of guanidine groups is 1. The predicted molar refractivity (Wildman–Crippen MR) is 92.0 cm³/mol. The van der Waals surface area contributed by atoms with Crippen LogP contribution in [-0.2, 0) is 0 Å². The Kier molecular flexibility index (Phi) is 3.91. The van der Waals surface area contributed by atoms with Crippen molar-refractivity contribution >= 4 is 39.2 Å². The lowest BCUT2D eigenvalue weighted by atomic mass is 10.1. The molecule has 3 nitrogen and oxygen atoms in total. The van der Waals surface area contributed by atoms with Crippen LogP contribution in [-0.4, -0.2) is 12.5 Å². The number of nitrogens with zero attached hydrogens (tertiary/aromatic N) is 2. The first-order chi connectivity index (χ1) is 10.1. The molecule has 0 spiro atoms. The number of halogens is 2. The van der Waals surface area contributed by atoms with Crippen molar-refractivity contribution in [2.24, 2.45) is 10.7 Å². The van der Waals surface area contributed by atoms with Crippen molar-refractivity contribution in [1.29, 1.82) is 0 Å². The van der Waals surface area contributed by atoms with E-state index < -0.39 is 0 Å². The Morgan fingerprint density at radius 1 is 1.24 bits per heavy atom. The summed E-state index contributed by atoms with van der Waals surface area (Å²) in [5.74, 6) is 0.538. The molecule has 1 heterocycles. The van der Waals surface area contributed by atoms with Crippen LogP contribution in [0.5, 0.6) is 0 Å². The minimum Gasteiger partial charge on any atom is -0.369 e. The molecule has 2 aromatic rings. The Balaban J connectivity index is 2.02. The van der Waals surface area contributed by atoms with E-state index in [4.69, 9.17) is 17.3 Å². The molecule has 3 rings (SSSR count). The maximum Gasteiger partial charge on any atom is 0.196 e. The van der Waals surface area contributed by atoms with Gasteiger partial charge in [-0.05, 0) is 42.8 Å². The van der Waals surface area contributed by atoms with Gasteiger partial charge in [0.05, 0.1) is 12.6 Å². The number of anilines is 1. The van der Waals surface area contributed by atoms with Gasteiger partial charge in [-0.25, -0.2) is 0 Å². The molecular weight excluding hydrogens is 350 g/mol. The first-order valence-electron chi connectivity index (χ1n) is 6.67. The van der Waals surface area contributed by atoms with Crippen LogP contribution in [0.15, 0.2) is 51.9 Å². The number of rotatable bonds is 2. The number of benzene rings is 2. The molecule has 0 radical (unpaired) electrons. The minimum absolute atomic E-state index is 0.0563. The second-order valence-electron chi connectivity index (χ2n) is 5.09. The largest absolute Gasteiger partial charge is 0.369 e. The summed E-state index contributed by atoms with van der Waals surface area (Å²) in [5.41, 5.74) is 9.44. The monoisotopic (exact) mass is 363 g/mol. The highest BCUT2D eigenvalue weighted by molar-refractivity contribution is 9.10. The highest BCUT2D eigenvalue weighted by Gasteiger charge is 2.30. The Bertz CT molecular complexity index is 697. The number of hydrogen-bond donors (Lipinski definition) is 1. The van der Waals surface area contributed by atoms with E-state index in [1.54, 1.807) is 0 Å². The second kappa shape index (κ2) is 5.70. The van der Waals surface area contributed by atoms with Crippen molar-refractivity contribution in [1.82, 2.24) is 0 Å². The van der Waals surface area contributed by atoms with Crippen molar-refractivity contribution in [3.63, 3.8) is 0 Å². The normalized spacial score (nSPS) is 18.0. The maximum absolute atomic E-state index is 6.14. The van der Waals surface area contributed by atoms with Crippen molar-refractivity contribution in [3.05, 3.63) is 63.1 Å². The van der Waals surface area contributed by atoms with Gasteiger partial charge in [-0.2, -0.15) is 0 Å². The van der Waals surface area contributed by atoms with E-state index in [0.717, 1.165) is 15.7 Å². The molecule has 5 heteroatoms. The molecule has 21 heavy (non-hydrogen) atoms. The second-order valence-corrected chi connectivity index (χ2v) is 6.38. The average molecular weight is 365 g/mol. The first kappa shape index (κ1) is 14.4.